The van der Waals surface area contributed by atoms with Gasteiger partial charge < -0.3 is 5.32 Å². The Labute approximate surface area is 213 Å². The number of benzene rings is 4. The second-order valence-electron chi connectivity index (χ2n) is 8.91. The first-order valence-electron chi connectivity index (χ1n) is 11.9. The molecule has 6 heteroatoms. The zero-order chi connectivity index (χ0) is 25.7. The number of hydrogen-bond acceptors (Lipinski definition) is 3. The maximum Gasteiger partial charge on any atom is 0.264 e. The zero-order valence-electron chi connectivity index (χ0n) is 20.7. The van der Waals surface area contributed by atoms with E-state index in [4.69, 9.17) is 0 Å². The monoisotopic (exact) mass is 498 g/mol. The van der Waals surface area contributed by atoms with Crippen molar-refractivity contribution in [3.63, 3.8) is 0 Å². The van der Waals surface area contributed by atoms with Crippen molar-refractivity contribution < 1.29 is 13.2 Å². The highest BCUT2D eigenvalue weighted by molar-refractivity contribution is 7.92. The Bertz CT molecular complexity index is 1440. The Hall–Kier alpha value is -3.90. The summed E-state index contributed by atoms with van der Waals surface area (Å²) in [5.74, 6) is -0.175. The number of para-hydroxylation sites is 1. The standard InChI is InChI=1S/C30H30N2O3S/c1-22-14-19-29(23(2)20-22)24(3)31-30(33)26-17-15-25(16-18-26)21-32(27-10-6-4-7-11-27)36(34,35)28-12-8-5-9-13-28/h4-20,24H,21H2,1-3H3,(H,31,33). The third kappa shape index (κ3) is 5.66. The topological polar surface area (TPSA) is 66.5 Å². The predicted octanol–water partition coefficient (Wildman–Crippen LogP) is 6.19. The number of rotatable bonds is 8. The molecule has 0 aliphatic carbocycles. The lowest BCUT2D eigenvalue weighted by Gasteiger charge is -2.25. The average Bonchev–Trinajstić information content (AvgIpc) is 2.88. The molecule has 0 heterocycles. The molecule has 0 saturated carbocycles. The van der Waals surface area contributed by atoms with E-state index in [0.717, 1.165) is 16.7 Å². The van der Waals surface area contributed by atoms with Gasteiger partial charge in [0.25, 0.3) is 15.9 Å². The number of amides is 1. The van der Waals surface area contributed by atoms with Gasteiger partial charge in [-0.05, 0) is 73.9 Å². The van der Waals surface area contributed by atoms with Gasteiger partial charge in [0.2, 0.25) is 0 Å². The quantitative estimate of drug-likeness (QED) is 0.315. The van der Waals surface area contributed by atoms with Gasteiger partial charge in [0.05, 0.1) is 23.2 Å². The Morgan fingerprint density at radius 2 is 1.44 bits per heavy atom. The van der Waals surface area contributed by atoms with Gasteiger partial charge in [-0.25, -0.2) is 8.42 Å². The molecule has 4 aromatic rings. The predicted molar refractivity (Wildman–Crippen MR) is 144 cm³/mol. The molecule has 1 N–H and O–H groups in total. The molecular formula is C30H30N2O3S. The van der Waals surface area contributed by atoms with Crippen LogP contribution in [0.3, 0.4) is 0 Å². The van der Waals surface area contributed by atoms with Crippen LogP contribution >= 0.6 is 0 Å². The fourth-order valence-electron chi connectivity index (χ4n) is 4.23. The number of hydrogen-bond donors (Lipinski definition) is 1. The highest BCUT2D eigenvalue weighted by Crippen LogP contribution is 2.26. The fraction of sp³-hybridized carbons (Fsp3) is 0.167. The lowest BCUT2D eigenvalue weighted by molar-refractivity contribution is 0.0940. The van der Waals surface area contributed by atoms with Gasteiger partial charge in [0, 0.05) is 5.56 Å². The molecule has 0 radical (unpaired) electrons. The number of nitrogens with one attached hydrogen (secondary N) is 1. The number of nitrogens with zero attached hydrogens (tertiary/aromatic N) is 1. The van der Waals surface area contributed by atoms with Gasteiger partial charge in [0.15, 0.2) is 0 Å². The van der Waals surface area contributed by atoms with Crippen LogP contribution in [0.2, 0.25) is 0 Å². The van der Waals surface area contributed by atoms with Crippen molar-refractivity contribution in [2.24, 2.45) is 0 Å². The summed E-state index contributed by atoms with van der Waals surface area (Å²) < 4.78 is 28.3. The summed E-state index contributed by atoms with van der Waals surface area (Å²) in [5, 5.41) is 3.06. The molecule has 5 nitrogen and oxygen atoms in total. The maximum atomic E-state index is 13.5. The van der Waals surface area contributed by atoms with Gasteiger partial charge in [-0.15, -0.1) is 0 Å². The Morgan fingerprint density at radius 1 is 0.833 bits per heavy atom. The van der Waals surface area contributed by atoms with Crippen molar-refractivity contribution in [3.8, 4) is 0 Å². The van der Waals surface area contributed by atoms with E-state index >= 15 is 0 Å². The molecule has 0 fully saturated rings. The number of carbonyl (C=O) groups is 1. The van der Waals surface area contributed by atoms with E-state index < -0.39 is 10.0 Å². The van der Waals surface area contributed by atoms with Crippen LogP contribution in [0.1, 0.15) is 45.6 Å². The first-order chi connectivity index (χ1) is 17.3. The number of sulfonamides is 1. The van der Waals surface area contributed by atoms with Gasteiger partial charge in [-0.1, -0.05) is 72.3 Å². The van der Waals surface area contributed by atoms with Crippen LogP contribution in [0, 0.1) is 13.8 Å². The first kappa shape index (κ1) is 25.2. The minimum atomic E-state index is -3.78. The van der Waals surface area contributed by atoms with Crippen molar-refractivity contribution in [2.45, 2.75) is 38.3 Å². The van der Waals surface area contributed by atoms with Crippen LogP contribution in [0.5, 0.6) is 0 Å². The summed E-state index contributed by atoms with van der Waals surface area (Å²) in [4.78, 5) is 13.1. The van der Waals surface area contributed by atoms with Gasteiger partial charge in [-0.3, -0.25) is 9.10 Å². The lowest BCUT2D eigenvalue weighted by atomic mass is 10.00. The van der Waals surface area contributed by atoms with Crippen LogP contribution < -0.4 is 9.62 Å². The molecule has 184 valence electrons. The first-order valence-corrected chi connectivity index (χ1v) is 13.3. The van der Waals surface area contributed by atoms with Gasteiger partial charge >= 0.3 is 0 Å². The summed E-state index contributed by atoms with van der Waals surface area (Å²) in [7, 11) is -3.78. The molecule has 1 atom stereocenters. The van der Waals surface area contributed by atoms with Crippen molar-refractivity contribution in [2.75, 3.05) is 4.31 Å². The lowest BCUT2D eigenvalue weighted by Crippen LogP contribution is -2.30. The molecule has 4 aromatic carbocycles. The minimum Gasteiger partial charge on any atom is -0.346 e. The number of aryl methyl sites for hydroxylation is 2. The summed E-state index contributed by atoms with van der Waals surface area (Å²) in [6, 6.07) is 30.5. The van der Waals surface area contributed by atoms with Crippen molar-refractivity contribution in [1.82, 2.24) is 5.32 Å². The smallest absolute Gasteiger partial charge is 0.264 e. The summed E-state index contributed by atoms with van der Waals surface area (Å²) in [6.45, 7) is 6.20. The van der Waals surface area contributed by atoms with E-state index in [1.807, 2.05) is 51.1 Å². The molecule has 0 aromatic heterocycles. The van der Waals surface area contributed by atoms with E-state index in [1.54, 1.807) is 66.7 Å². The molecule has 1 unspecified atom stereocenters. The molecule has 1 amide bonds. The minimum absolute atomic E-state index is 0.137. The van der Waals surface area contributed by atoms with E-state index in [2.05, 4.69) is 11.4 Å². The van der Waals surface area contributed by atoms with Gasteiger partial charge in [0.1, 0.15) is 0 Å². The Kier molecular flexibility index (Phi) is 7.55. The number of anilines is 1. The molecule has 0 aliphatic heterocycles. The highest BCUT2D eigenvalue weighted by Gasteiger charge is 2.25. The Balaban J connectivity index is 1.53. The SMILES string of the molecule is Cc1ccc(C(C)NC(=O)c2ccc(CN(c3ccccc3)S(=O)(=O)c3ccccc3)cc2)c(C)c1. The van der Waals surface area contributed by atoms with Crippen LogP contribution in [-0.4, -0.2) is 14.3 Å². The number of carbonyl (C=O) groups excluding carboxylic acids is 1. The van der Waals surface area contributed by atoms with Crippen LogP contribution in [0.25, 0.3) is 0 Å². The van der Waals surface area contributed by atoms with E-state index in [9.17, 15) is 13.2 Å². The summed E-state index contributed by atoms with van der Waals surface area (Å²) >= 11 is 0. The van der Waals surface area contributed by atoms with Crippen molar-refractivity contribution in [3.05, 3.63) is 131 Å². The van der Waals surface area contributed by atoms with Gasteiger partial charge in [-0.2, -0.15) is 0 Å². The molecule has 0 saturated heterocycles. The highest BCUT2D eigenvalue weighted by atomic mass is 32.2. The molecule has 0 spiro atoms. The second kappa shape index (κ2) is 10.8. The van der Waals surface area contributed by atoms with Crippen LogP contribution in [0.15, 0.2) is 108 Å². The van der Waals surface area contributed by atoms with Crippen LogP contribution in [-0.2, 0) is 16.6 Å². The molecule has 0 aliphatic rings. The molecule has 36 heavy (non-hydrogen) atoms. The van der Waals surface area contributed by atoms with Crippen LogP contribution in [0.4, 0.5) is 5.69 Å². The summed E-state index contributed by atoms with van der Waals surface area (Å²) in [6.07, 6.45) is 0. The van der Waals surface area contributed by atoms with Crippen molar-refractivity contribution in [1.29, 1.82) is 0 Å². The normalized spacial score (nSPS) is 12.1. The van der Waals surface area contributed by atoms with Crippen molar-refractivity contribution >= 4 is 21.6 Å². The molecule has 4 rings (SSSR count). The maximum absolute atomic E-state index is 13.5. The molecule has 0 bridgehead atoms. The summed E-state index contributed by atoms with van der Waals surface area (Å²) in [5.41, 5.74) is 5.27. The van der Waals surface area contributed by atoms with E-state index in [-0.39, 0.29) is 23.4 Å². The van der Waals surface area contributed by atoms with E-state index in [1.165, 1.54) is 9.87 Å². The second-order valence-corrected chi connectivity index (χ2v) is 10.8. The Morgan fingerprint density at radius 3 is 2.06 bits per heavy atom. The largest absolute Gasteiger partial charge is 0.346 e. The third-order valence-electron chi connectivity index (χ3n) is 6.16. The molecular weight excluding hydrogens is 468 g/mol. The third-order valence-corrected chi connectivity index (χ3v) is 7.95. The van der Waals surface area contributed by atoms with E-state index in [0.29, 0.717) is 11.3 Å². The average molecular weight is 499 g/mol. The fourth-order valence-corrected chi connectivity index (χ4v) is 5.70. The zero-order valence-corrected chi connectivity index (χ0v) is 21.5.